The molecule has 3 heterocycles. The minimum absolute atomic E-state index is 0.0265. The van der Waals surface area contributed by atoms with Crippen molar-refractivity contribution in [3.8, 4) is 0 Å². The van der Waals surface area contributed by atoms with E-state index < -0.39 is 0 Å². The Bertz CT molecular complexity index is 665. The number of furan rings is 1. The van der Waals surface area contributed by atoms with Crippen LogP contribution in [0.4, 0.5) is 11.5 Å². The summed E-state index contributed by atoms with van der Waals surface area (Å²) in [4.78, 5) is 23.2. The molecule has 1 amide bonds. The van der Waals surface area contributed by atoms with Gasteiger partial charge in [0.05, 0.1) is 25.0 Å². The molecule has 2 aromatic rings. The van der Waals surface area contributed by atoms with Crippen molar-refractivity contribution in [2.24, 2.45) is 0 Å². The highest BCUT2D eigenvalue weighted by Crippen LogP contribution is 2.22. The van der Waals surface area contributed by atoms with E-state index in [0.29, 0.717) is 30.4 Å². The maximum atomic E-state index is 12.9. The topological polar surface area (TPSA) is 78.8 Å². The van der Waals surface area contributed by atoms with Crippen LogP contribution in [0.2, 0.25) is 0 Å². The van der Waals surface area contributed by atoms with Crippen molar-refractivity contribution in [2.75, 3.05) is 50.4 Å². The predicted molar refractivity (Wildman–Crippen MR) is 92.5 cm³/mol. The number of pyridine rings is 1. The summed E-state index contributed by atoms with van der Waals surface area (Å²) in [5.74, 6) is 1.15. The Hall–Kier alpha value is -2.38. The maximum Gasteiger partial charge on any atom is 0.242 e. The van der Waals surface area contributed by atoms with Gasteiger partial charge in [0.2, 0.25) is 5.91 Å². The molecule has 128 valence electrons. The molecule has 1 saturated heterocycles. The molecule has 24 heavy (non-hydrogen) atoms. The Morgan fingerprint density at radius 2 is 2.08 bits per heavy atom. The molecule has 2 aromatic heterocycles. The predicted octanol–water partition coefficient (Wildman–Crippen LogP) is 1.04. The fourth-order valence-electron chi connectivity index (χ4n) is 2.76. The molecule has 7 nitrogen and oxygen atoms in total. The molecule has 0 bridgehead atoms. The van der Waals surface area contributed by atoms with Crippen LogP contribution in [-0.2, 0) is 11.3 Å². The zero-order chi connectivity index (χ0) is 16.9. The summed E-state index contributed by atoms with van der Waals surface area (Å²) < 4.78 is 5.40. The van der Waals surface area contributed by atoms with Gasteiger partial charge in [-0.3, -0.25) is 14.6 Å². The molecule has 0 atom stereocenters. The quantitative estimate of drug-likeness (QED) is 0.883. The highest BCUT2D eigenvalue weighted by atomic mass is 16.3. The van der Waals surface area contributed by atoms with Gasteiger partial charge >= 0.3 is 0 Å². The minimum atomic E-state index is -0.0265. The molecule has 1 fully saturated rings. The first kappa shape index (κ1) is 16.5. The molecule has 0 spiro atoms. The molecule has 0 saturated carbocycles. The Morgan fingerprint density at radius 1 is 1.29 bits per heavy atom. The number of piperazine rings is 1. The zero-order valence-corrected chi connectivity index (χ0v) is 13.9. The second kappa shape index (κ2) is 7.46. The lowest BCUT2D eigenvalue weighted by Crippen LogP contribution is -2.49. The van der Waals surface area contributed by atoms with Crippen molar-refractivity contribution >= 4 is 17.4 Å². The summed E-state index contributed by atoms with van der Waals surface area (Å²) in [5, 5.41) is 0. The number of nitrogens with zero attached hydrogens (tertiary/aromatic N) is 4. The van der Waals surface area contributed by atoms with Crippen LogP contribution >= 0.6 is 0 Å². The summed E-state index contributed by atoms with van der Waals surface area (Å²) in [6, 6.07) is 7.16. The van der Waals surface area contributed by atoms with Crippen LogP contribution in [0.5, 0.6) is 0 Å². The molecule has 1 aliphatic heterocycles. The van der Waals surface area contributed by atoms with Crippen LogP contribution in [0.25, 0.3) is 0 Å². The number of hydrogen-bond acceptors (Lipinski definition) is 6. The molecule has 0 aromatic carbocycles. The third-order valence-electron chi connectivity index (χ3n) is 4.22. The third kappa shape index (κ3) is 3.93. The second-order valence-corrected chi connectivity index (χ2v) is 6.05. The van der Waals surface area contributed by atoms with Gasteiger partial charge < -0.3 is 15.1 Å². The number of hydrogen-bond donors (Lipinski definition) is 1. The van der Waals surface area contributed by atoms with Crippen molar-refractivity contribution in [2.45, 2.75) is 6.54 Å². The number of likely N-dealkylation sites (N-methyl/N-ethyl adjacent to an activating group) is 1. The molecular formula is C17H23N5O2. The van der Waals surface area contributed by atoms with Gasteiger partial charge in [-0.1, -0.05) is 0 Å². The van der Waals surface area contributed by atoms with E-state index in [4.69, 9.17) is 10.2 Å². The smallest absolute Gasteiger partial charge is 0.242 e. The number of rotatable bonds is 5. The molecule has 3 rings (SSSR count). The number of carbonyl (C=O) groups is 1. The van der Waals surface area contributed by atoms with Gasteiger partial charge in [0.15, 0.2) is 5.82 Å². The SMILES string of the molecule is CN1CCN(CC(=O)N(Cc2ccco2)c2ncccc2N)CC1. The summed E-state index contributed by atoms with van der Waals surface area (Å²) in [5.41, 5.74) is 6.51. The Balaban J connectivity index is 1.76. The van der Waals surface area contributed by atoms with Crippen molar-refractivity contribution in [3.63, 3.8) is 0 Å². The molecular weight excluding hydrogens is 306 g/mol. The second-order valence-electron chi connectivity index (χ2n) is 6.05. The van der Waals surface area contributed by atoms with Gasteiger partial charge in [0, 0.05) is 32.4 Å². The Morgan fingerprint density at radius 3 is 2.75 bits per heavy atom. The van der Waals surface area contributed by atoms with Crippen molar-refractivity contribution < 1.29 is 9.21 Å². The average molecular weight is 329 g/mol. The Labute approximate surface area is 141 Å². The average Bonchev–Trinajstić information content (AvgIpc) is 3.09. The van der Waals surface area contributed by atoms with E-state index in [9.17, 15) is 4.79 Å². The summed E-state index contributed by atoms with van der Waals surface area (Å²) in [6.45, 7) is 4.38. The van der Waals surface area contributed by atoms with E-state index in [1.54, 1.807) is 35.6 Å². The van der Waals surface area contributed by atoms with Crippen LogP contribution in [0.1, 0.15) is 5.76 Å². The van der Waals surface area contributed by atoms with E-state index in [-0.39, 0.29) is 5.91 Å². The minimum Gasteiger partial charge on any atom is -0.467 e. The first-order valence-corrected chi connectivity index (χ1v) is 8.07. The van der Waals surface area contributed by atoms with Crippen LogP contribution in [0, 0.1) is 0 Å². The van der Waals surface area contributed by atoms with E-state index >= 15 is 0 Å². The lowest BCUT2D eigenvalue weighted by atomic mass is 10.3. The first-order chi connectivity index (χ1) is 11.6. The number of aromatic nitrogens is 1. The van der Waals surface area contributed by atoms with E-state index in [2.05, 4.69) is 21.8 Å². The lowest BCUT2D eigenvalue weighted by Gasteiger charge is -2.33. The van der Waals surface area contributed by atoms with Crippen molar-refractivity contribution in [1.29, 1.82) is 0 Å². The van der Waals surface area contributed by atoms with Gasteiger partial charge in [-0.25, -0.2) is 4.98 Å². The van der Waals surface area contributed by atoms with Gasteiger partial charge in [-0.15, -0.1) is 0 Å². The molecule has 1 aliphatic rings. The normalized spacial score (nSPS) is 16.2. The van der Waals surface area contributed by atoms with Crippen molar-refractivity contribution in [3.05, 3.63) is 42.5 Å². The van der Waals surface area contributed by atoms with Crippen LogP contribution < -0.4 is 10.6 Å². The molecule has 7 heteroatoms. The van der Waals surface area contributed by atoms with E-state index in [1.807, 2.05) is 6.07 Å². The Kier molecular flexibility index (Phi) is 5.12. The maximum absolute atomic E-state index is 12.9. The van der Waals surface area contributed by atoms with Gasteiger partial charge in [-0.2, -0.15) is 0 Å². The van der Waals surface area contributed by atoms with Gasteiger partial charge in [-0.05, 0) is 31.3 Å². The van der Waals surface area contributed by atoms with Gasteiger partial charge in [0.25, 0.3) is 0 Å². The number of nitrogens with two attached hydrogens (primary N) is 1. The molecule has 0 unspecified atom stereocenters. The molecule has 0 radical (unpaired) electrons. The summed E-state index contributed by atoms with van der Waals surface area (Å²) in [7, 11) is 2.09. The number of nitrogen functional groups attached to an aromatic ring is 1. The number of amides is 1. The van der Waals surface area contributed by atoms with Crippen LogP contribution in [0.15, 0.2) is 41.1 Å². The van der Waals surface area contributed by atoms with Crippen LogP contribution in [0.3, 0.4) is 0 Å². The van der Waals surface area contributed by atoms with Crippen molar-refractivity contribution in [1.82, 2.24) is 14.8 Å². The fourth-order valence-corrected chi connectivity index (χ4v) is 2.76. The fraction of sp³-hybridized carbons (Fsp3) is 0.412. The summed E-state index contributed by atoms with van der Waals surface area (Å²) in [6.07, 6.45) is 3.24. The molecule has 0 aliphatic carbocycles. The lowest BCUT2D eigenvalue weighted by molar-refractivity contribution is -0.120. The van der Waals surface area contributed by atoms with E-state index in [0.717, 1.165) is 26.2 Å². The zero-order valence-electron chi connectivity index (χ0n) is 13.9. The first-order valence-electron chi connectivity index (χ1n) is 8.07. The number of carbonyl (C=O) groups excluding carboxylic acids is 1. The van der Waals surface area contributed by atoms with E-state index in [1.165, 1.54) is 0 Å². The standard InChI is InChI=1S/C17H23N5O2/c1-20-7-9-21(10-8-20)13-16(23)22(12-14-4-3-11-24-14)17-15(18)5-2-6-19-17/h2-6,11H,7-10,12-13,18H2,1H3. The highest BCUT2D eigenvalue weighted by Gasteiger charge is 2.24. The largest absolute Gasteiger partial charge is 0.467 e. The third-order valence-corrected chi connectivity index (χ3v) is 4.22. The van der Waals surface area contributed by atoms with Crippen LogP contribution in [-0.4, -0.2) is 60.5 Å². The monoisotopic (exact) mass is 329 g/mol. The summed E-state index contributed by atoms with van der Waals surface area (Å²) >= 11 is 0. The highest BCUT2D eigenvalue weighted by molar-refractivity contribution is 5.96. The molecule has 2 N–H and O–H groups in total. The van der Waals surface area contributed by atoms with Gasteiger partial charge in [0.1, 0.15) is 5.76 Å². The number of anilines is 2.